The van der Waals surface area contributed by atoms with E-state index in [4.69, 9.17) is 22.7 Å². The average Bonchev–Trinajstić information content (AvgIpc) is 2.73. The fourth-order valence-electron chi connectivity index (χ4n) is 1.69. The highest BCUT2D eigenvalue weighted by Gasteiger charge is 2.15. The van der Waals surface area contributed by atoms with E-state index >= 15 is 0 Å². The number of nitrogens with one attached hydrogen (secondary N) is 1. The summed E-state index contributed by atoms with van der Waals surface area (Å²) in [5.41, 5.74) is 6.64. The zero-order valence-corrected chi connectivity index (χ0v) is 9.93. The summed E-state index contributed by atoms with van der Waals surface area (Å²) in [4.78, 5) is 0. The van der Waals surface area contributed by atoms with Crippen LogP contribution in [0.15, 0.2) is 42.7 Å². The van der Waals surface area contributed by atoms with Gasteiger partial charge >= 0.3 is 0 Å². The molecule has 0 saturated heterocycles. The number of halogens is 1. The highest BCUT2D eigenvalue weighted by Crippen LogP contribution is 2.18. The lowest BCUT2D eigenvalue weighted by atomic mass is 9.98. The summed E-state index contributed by atoms with van der Waals surface area (Å²) in [6.45, 7) is 0.520. The van der Waals surface area contributed by atoms with E-state index in [9.17, 15) is 0 Å². The number of aromatic nitrogens is 2. The van der Waals surface area contributed by atoms with Crippen molar-refractivity contribution in [3.05, 3.63) is 53.3 Å². The molecule has 0 fully saturated rings. The van der Waals surface area contributed by atoms with Crippen LogP contribution in [0.5, 0.6) is 0 Å². The lowest BCUT2D eigenvalue weighted by Crippen LogP contribution is -2.25. The molecule has 1 unspecified atom stereocenters. The van der Waals surface area contributed by atoms with E-state index in [1.165, 1.54) is 0 Å². The van der Waals surface area contributed by atoms with Crippen LogP contribution < -0.4 is 5.73 Å². The van der Waals surface area contributed by atoms with Crippen molar-refractivity contribution in [3.8, 4) is 0 Å². The molecular formula is C12H13ClN4. The van der Waals surface area contributed by atoms with Crippen LogP contribution in [-0.2, 0) is 6.54 Å². The van der Waals surface area contributed by atoms with Crippen LogP contribution in [0.2, 0.25) is 5.02 Å². The van der Waals surface area contributed by atoms with Crippen LogP contribution in [-0.4, -0.2) is 15.6 Å². The maximum Gasteiger partial charge on any atom is 0.100 e. The first-order valence-corrected chi connectivity index (χ1v) is 5.61. The third-order valence-electron chi connectivity index (χ3n) is 2.55. The topological polar surface area (TPSA) is 67.7 Å². The fraction of sp³-hybridized carbons (Fsp3) is 0.167. The number of rotatable bonds is 4. The molecule has 0 spiro atoms. The molecule has 17 heavy (non-hydrogen) atoms. The molecule has 0 aliphatic heterocycles. The first kappa shape index (κ1) is 11.7. The van der Waals surface area contributed by atoms with E-state index in [1.54, 1.807) is 17.1 Å². The Kier molecular flexibility index (Phi) is 3.44. The minimum absolute atomic E-state index is 0.128. The molecule has 0 aliphatic carbocycles. The molecule has 88 valence electrons. The van der Waals surface area contributed by atoms with Crippen molar-refractivity contribution in [2.24, 2.45) is 5.73 Å². The minimum Gasteiger partial charge on any atom is -0.387 e. The Morgan fingerprint density at radius 2 is 2.12 bits per heavy atom. The monoisotopic (exact) mass is 248 g/mol. The number of nitrogens with two attached hydrogens (primary N) is 1. The van der Waals surface area contributed by atoms with Crippen LogP contribution in [0.1, 0.15) is 11.5 Å². The quantitative estimate of drug-likeness (QED) is 0.644. The summed E-state index contributed by atoms with van der Waals surface area (Å²) in [5.74, 6) is -0.0463. The van der Waals surface area contributed by atoms with E-state index < -0.39 is 0 Å². The highest BCUT2D eigenvalue weighted by molar-refractivity contribution is 6.30. The van der Waals surface area contributed by atoms with Gasteiger partial charge < -0.3 is 5.73 Å². The molecule has 1 aromatic carbocycles. The molecule has 1 aromatic heterocycles. The van der Waals surface area contributed by atoms with Gasteiger partial charge in [-0.15, -0.1) is 0 Å². The van der Waals surface area contributed by atoms with Crippen molar-refractivity contribution in [1.82, 2.24) is 9.78 Å². The first-order chi connectivity index (χ1) is 8.16. The highest BCUT2D eigenvalue weighted by atomic mass is 35.5. The van der Waals surface area contributed by atoms with Crippen LogP contribution in [0.3, 0.4) is 0 Å². The van der Waals surface area contributed by atoms with Crippen molar-refractivity contribution >= 4 is 17.4 Å². The molecule has 1 atom stereocenters. The smallest absolute Gasteiger partial charge is 0.100 e. The van der Waals surface area contributed by atoms with E-state index in [0.29, 0.717) is 11.6 Å². The Morgan fingerprint density at radius 1 is 1.41 bits per heavy atom. The standard InChI is InChI=1S/C12H13ClN4/c13-10-6-16-17(7-10)8-11(12(14)15)9-4-2-1-3-5-9/h1-7,11H,8H2,(H3,14,15). The molecule has 3 N–H and O–H groups in total. The van der Waals surface area contributed by atoms with E-state index in [0.717, 1.165) is 5.56 Å². The second-order valence-electron chi connectivity index (χ2n) is 3.80. The van der Waals surface area contributed by atoms with Crippen LogP contribution in [0.4, 0.5) is 0 Å². The normalized spacial score (nSPS) is 12.3. The lowest BCUT2D eigenvalue weighted by molar-refractivity contribution is 0.585. The zero-order chi connectivity index (χ0) is 12.3. The molecule has 2 aromatic rings. The second-order valence-corrected chi connectivity index (χ2v) is 4.24. The molecule has 5 heteroatoms. The Morgan fingerprint density at radius 3 is 2.65 bits per heavy atom. The molecule has 0 saturated carbocycles. The van der Waals surface area contributed by atoms with Crippen molar-refractivity contribution in [3.63, 3.8) is 0 Å². The van der Waals surface area contributed by atoms with Gasteiger partial charge in [0.2, 0.25) is 0 Å². The van der Waals surface area contributed by atoms with Gasteiger partial charge in [0.15, 0.2) is 0 Å². The maximum absolute atomic E-state index is 7.65. The minimum atomic E-state index is -0.174. The van der Waals surface area contributed by atoms with Crippen molar-refractivity contribution < 1.29 is 0 Å². The third kappa shape index (κ3) is 2.85. The molecule has 0 aliphatic rings. The lowest BCUT2D eigenvalue weighted by Gasteiger charge is -2.15. The molecule has 0 amide bonds. The summed E-state index contributed by atoms with van der Waals surface area (Å²) in [5, 5.41) is 12.3. The van der Waals surface area contributed by atoms with Crippen molar-refractivity contribution in [2.75, 3.05) is 0 Å². The second kappa shape index (κ2) is 5.01. The maximum atomic E-state index is 7.65. The molecule has 0 radical (unpaired) electrons. The van der Waals surface area contributed by atoms with Crippen molar-refractivity contribution in [1.29, 1.82) is 5.41 Å². The van der Waals surface area contributed by atoms with Gasteiger partial charge in [0.1, 0.15) is 5.84 Å². The van der Waals surface area contributed by atoms with E-state index in [2.05, 4.69) is 5.10 Å². The Bertz CT molecular complexity index is 506. The van der Waals surface area contributed by atoms with Gasteiger partial charge in [0.25, 0.3) is 0 Å². The molecule has 4 nitrogen and oxygen atoms in total. The first-order valence-electron chi connectivity index (χ1n) is 5.23. The van der Waals surface area contributed by atoms with Gasteiger partial charge in [0, 0.05) is 6.20 Å². The summed E-state index contributed by atoms with van der Waals surface area (Å²) in [7, 11) is 0. The van der Waals surface area contributed by atoms with Gasteiger partial charge in [-0.1, -0.05) is 41.9 Å². The zero-order valence-electron chi connectivity index (χ0n) is 9.18. The Hall–Kier alpha value is -1.81. The molecular weight excluding hydrogens is 236 g/mol. The fourth-order valence-corrected chi connectivity index (χ4v) is 1.85. The molecule has 2 rings (SSSR count). The van der Waals surface area contributed by atoms with Crippen LogP contribution >= 0.6 is 11.6 Å². The predicted octanol–water partition coefficient (Wildman–Crippen LogP) is 2.26. The largest absolute Gasteiger partial charge is 0.387 e. The van der Waals surface area contributed by atoms with Gasteiger partial charge in [0.05, 0.1) is 23.7 Å². The summed E-state index contributed by atoms with van der Waals surface area (Å²) >= 11 is 5.80. The summed E-state index contributed by atoms with van der Waals surface area (Å²) in [6, 6.07) is 9.71. The molecule has 1 heterocycles. The predicted molar refractivity (Wildman–Crippen MR) is 68.3 cm³/mol. The Labute approximate surface area is 105 Å². The number of amidine groups is 1. The Balaban J connectivity index is 2.22. The van der Waals surface area contributed by atoms with Crippen LogP contribution in [0, 0.1) is 5.41 Å². The third-order valence-corrected chi connectivity index (χ3v) is 2.74. The number of benzene rings is 1. The number of hydrogen-bond acceptors (Lipinski definition) is 2. The van der Waals surface area contributed by atoms with Gasteiger partial charge in [-0.2, -0.15) is 5.10 Å². The summed E-state index contributed by atoms with van der Waals surface area (Å²) in [6.07, 6.45) is 3.30. The van der Waals surface area contributed by atoms with E-state index in [1.807, 2.05) is 30.3 Å². The average molecular weight is 249 g/mol. The van der Waals surface area contributed by atoms with Gasteiger partial charge in [-0.3, -0.25) is 10.1 Å². The number of hydrogen-bond donors (Lipinski definition) is 2. The SMILES string of the molecule is N=C(N)C(Cn1cc(Cl)cn1)c1ccccc1. The van der Waals surface area contributed by atoms with E-state index in [-0.39, 0.29) is 11.8 Å². The van der Waals surface area contributed by atoms with Crippen LogP contribution in [0.25, 0.3) is 0 Å². The molecule has 0 bridgehead atoms. The summed E-state index contributed by atoms with van der Waals surface area (Å²) < 4.78 is 1.70. The number of nitrogens with zero attached hydrogens (tertiary/aromatic N) is 2. The van der Waals surface area contributed by atoms with Crippen molar-refractivity contribution in [2.45, 2.75) is 12.5 Å². The van der Waals surface area contributed by atoms with Gasteiger partial charge in [-0.05, 0) is 5.56 Å². The van der Waals surface area contributed by atoms with Gasteiger partial charge in [-0.25, -0.2) is 0 Å².